The number of rotatable bonds is 5. The van der Waals surface area contributed by atoms with Crippen LogP contribution in [0.5, 0.6) is 0 Å². The zero-order valence-electron chi connectivity index (χ0n) is 10.7. The Morgan fingerprint density at radius 3 is 2.56 bits per heavy atom. The molecule has 0 N–H and O–H groups in total. The number of ether oxygens (including phenoxy) is 1. The second-order valence-electron chi connectivity index (χ2n) is 4.94. The molecule has 1 fully saturated rings. The molecule has 0 aromatic heterocycles. The van der Waals surface area contributed by atoms with Crippen LogP contribution in [0.15, 0.2) is 0 Å². The molecule has 0 aromatic rings. The topological polar surface area (TPSA) is 32.8 Å². The van der Waals surface area contributed by atoms with E-state index in [0.29, 0.717) is 12.5 Å². The molecule has 1 aliphatic rings. The minimum Gasteiger partial charge on any atom is -0.449 e. The van der Waals surface area contributed by atoms with Gasteiger partial charge in [-0.25, -0.2) is 4.79 Å². The van der Waals surface area contributed by atoms with Gasteiger partial charge in [-0.05, 0) is 31.8 Å². The average Bonchev–Trinajstić information content (AvgIpc) is 2.75. The van der Waals surface area contributed by atoms with Crippen molar-refractivity contribution in [2.75, 3.05) is 39.8 Å². The number of likely N-dealkylation sites (tertiary alicyclic amines) is 1. The molecule has 1 saturated heterocycles. The van der Waals surface area contributed by atoms with Crippen LogP contribution < -0.4 is 0 Å². The molecule has 0 radical (unpaired) electrons. The third-order valence-corrected chi connectivity index (χ3v) is 2.80. The fraction of sp³-hybridized carbons (Fsp3) is 0.917. The normalized spacial score (nSPS) is 16.8. The number of carbonyl (C=O) groups is 1. The summed E-state index contributed by atoms with van der Waals surface area (Å²) < 4.78 is 5.15. The third kappa shape index (κ3) is 4.84. The molecule has 1 heterocycles. The van der Waals surface area contributed by atoms with Gasteiger partial charge < -0.3 is 14.5 Å². The van der Waals surface area contributed by atoms with E-state index in [-0.39, 0.29) is 6.09 Å². The number of nitrogens with zero attached hydrogens (tertiary/aromatic N) is 2. The van der Waals surface area contributed by atoms with Gasteiger partial charge in [-0.15, -0.1) is 0 Å². The highest BCUT2D eigenvalue weighted by atomic mass is 16.6. The lowest BCUT2D eigenvalue weighted by molar-refractivity contribution is 0.0970. The first kappa shape index (κ1) is 13.3. The summed E-state index contributed by atoms with van der Waals surface area (Å²) in [5.41, 5.74) is 0. The molecule has 4 nitrogen and oxygen atoms in total. The minimum absolute atomic E-state index is 0.201. The van der Waals surface area contributed by atoms with E-state index in [1.807, 2.05) is 13.8 Å². The van der Waals surface area contributed by atoms with Gasteiger partial charge in [0.25, 0.3) is 0 Å². The van der Waals surface area contributed by atoms with Gasteiger partial charge in [0.15, 0.2) is 0 Å². The lowest BCUT2D eigenvalue weighted by Gasteiger charge is -2.21. The Kier molecular flexibility index (Phi) is 5.60. The van der Waals surface area contributed by atoms with Crippen LogP contribution in [0.4, 0.5) is 4.79 Å². The summed E-state index contributed by atoms with van der Waals surface area (Å²) in [4.78, 5) is 15.6. The first-order chi connectivity index (χ1) is 7.59. The number of amides is 1. The largest absolute Gasteiger partial charge is 0.449 e. The van der Waals surface area contributed by atoms with Crippen molar-refractivity contribution in [3.8, 4) is 0 Å². The average molecular weight is 228 g/mol. The van der Waals surface area contributed by atoms with Crippen molar-refractivity contribution in [3.63, 3.8) is 0 Å². The van der Waals surface area contributed by atoms with E-state index in [1.165, 1.54) is 25.9 Å². The van der Waals surface area contributed by atoms with Crippen molar-refractivity contribution >= 4 is 6.09 Å². The molecule has 0 aliphatic carbocycles. The lowest BCUT2D eigenvalue weighted by atomic mass is 10.2. The molecule has 0 atom stereocenters. The molecule has 1 rings (SSSR count). The Hall–Kier alpha value is -0.770. The number of likely N-dealkylation sites (N-methyl/N-ethyl adjacent to an activating group) is 1. The Balaban J connectivity index is 2.12. The van der Waals surface area contributed by atoms with Crippen LogP contribution in [-0.4, -0.2) is 55.7 Å². The third-order valence-electron chi connectivity index (χ3n) is 2.80. The maximum absolute atomic E-state index is 11.5. The van der Waals surface area contributed by atoms with Crippen molar-refractivity contribution < 1.29 is 9.53 Å². The second kappa shape index (κ2) is 6.74. The Bertz CT molecular complexity index is 213. The summed E-state index contributed by atoms with van der Waals surface area (Å²) in [5.74, 6) is 0.399. The van der Waals surface area contributed by atoms with Crippen molar-refractivity contribution in [1.82, 2.24) is 9.80 Å². The number of hydrogen-bond acceptors (Lipinski definition) is 3. The molecule has 94 valence electrons. The molecule has 16 heavy (non-hydrogen) atoms. The van der Waals surface area contributed by atoms with E-state index in [9.17, 15) is 4.79 Å². The Morgan fingerprint density at radius 2 is 2.00 bits per heavy atom. The predicted octanol–water partition coefficient (Wildman–Crippen LogP) is 1.81. The van der Waals surface area contributed by atoms with Crippen LogP contribution in [0.3, 0.4) is 0 Å². The summed E-state index contributed by atoms with van der Waals surface area (Å²) in [6.45, 7) is 8.66. The molecular formula is C12H24N2O2. The lowest BCUT2D eigenvalue weighted by Crippen LogP contribution is -2.35. The van der Waals surface area contributed by atoms with Gasteiger partial charge >= 0.3 is 6.09 Å². The van der Waals surface area contributed by atoms with Crippen LogP contribution in [0.2, 0.25) is 0 Å². The Morgan fingerprint density at radius 1 is 1.38 bits per heavy atom. The molecule has 1 amide bonds. The SMILES string of the molecule is CC(C)COC(=O)N(C)CCN1CCCC1. The van der Waals surface area contributed by atoms with Crippen molar-refractivity contribution in [2.24, 2.45) is 5.92 Å². The monoisotopic (exact) mass is 228 g/mol. The van der Waals surface area contributed by atoms with Crippen LogP contribution >= 0.6 is 0 Å². The van der Waals surface area contributed by atoms with Gasteiger partial charge in [0, 0.05) is 20.1 Å². The van der Waals surface area contributed by atoms with E-state index in [4.69, 9.17) is 4.74 Å². The van der Waals surface area contributed by atoms with Crippen LogP contribution in [0.1, 0.15) is 26.7 Å². The second-order valence-corrected chi connectivity index (χ2v) is 4.94. The molecule has 0 unspecified atom stereocenters. The standard InChI is InChI=1S/C12H24N2O2/c1-11(2)10-16-12(15)13(3)8-9-14-6-4-5-7-14/h11H,4-10H2,1-3H3. The zero-order chi connectivity index (χ0) is 12.0. The first-order valence-corrected chi connectivity index (χ1v) is 6.20. The van der Waals surface area contributed by atoms with Gasteiger partial charge in [0.2, 0.25) is 0 Å². The predicted molar refractivity (Wildman–Crippen MR) is 64.5 cm³/mol. The molecule has 0 aromatic carbocycles. The zero-order valence-corrected chi connectivity index (χ0v) is 10.7. The van der Waals surface area contributed by atoms with E-state index >= 15 is 0 Å². The molecular weight excluding hydrogens is 204 g/mol. The molecule has 1 aliphatic heterocycles. The summed E-state index contributed by atoms with van der Waals surface area (Å²) in [7, 11) is 1.80. The van der Waals surface area contributed by atoms with Crippen molar-refractivity contribution in [2.45, 2.75) is 26.7 Å². The van der Waals surface area contributed by atoms with Gasteiger partial charge in [-0.1, -0.05) is 13.8 Å². The van der Waals surface area contributed by atoms with E-state index in [1.54, 1.807) is 11.9 Å². The van der Waals surface area contributed by atoms with Crippen molar-refractivity contribution in [3.05, 3.63) is 0 Å². The van der Waals surface area contributed by atoms with E-state index in [0.717, 1.165) is 13.1 Å². The molecule has 0 saturated carbocycles. The van der Waals surface area contributed by atoms with E-state index < -0.39 is 0 Å². The highest BCUT2D eigenvalue weighted by Gasteiger charge is 2.15. The van der Waals surface area contributed by atoms with Crippen LogP contribution in [0.25, 0.3) is 0 Å². The summed E-state index contributed by atoms with van der Waals surface area (Å²) in [5, 5.41) is 0. The highest BCUT2D eigenvalue weighted by molar-refractivity contribution is 5.67. The van der Waals surface area contributed by atoms with E-state index in [2.05, 4.69) is 4.90 Å². The van der Waals surface area contributed by atoms with Crippen LogP contribution in [0, 0.1) is 5.92 Å². The van der Waals surface area contributed by atoms with Gasteiger partial charge in [0.1, 0.15) is 0 Å². The van der Waals surface area contributed by atoms with Gasteiger partial charge in [0.05, 0.1) is 6.61 Å². The van der Waals surface area contributed by atoms with Gasteiger partial charge in [-0.3, -0.25) is 0 Å². The fourth-order valence-electron chi connectivity index (χ4n) is 1.74. The molecule has 0 spiro atoms. The number of carbonyl (C=O) groups excluding carboxylic acids is 1. The maximum Gasteiger partial charge on any atom is 0.409 e. The smallest absolute Gasteiger partial charge is 0.409 e. The quantitative estimate of drug-likeness (QED) is 0.719. The molecule has 0 bridgehead atoms. The Labute approximate surface area is 98.5 Å². The van der Waals surface area contributed by atoms with Crippen LogP contribution in [-0.2, 0) is 4.74 Å². The maximum atomic E-state index is 11.5. The minimum atomic E-state index is -0.201. The fourth-order valence-corrected chi connectivity index (χ4v) is 1.74. The summed E-state index contributed by atoms with van der Waals surface area (Å²) >= 11 is 0. The van der Waals surface area contributed by atoms with Gasteiger partial charge in [-0.2, -0.15) is 0 Å². The van der Waals surface area contributed by atoms with Crippen molar-refractivity contribution in [1.29, 1.82) is 0 Å². The first-order valence-electron chi connectivity index (χ1n) is 6.20. The summed E-state index contributed by atoms with van der Waals surface area (Å²) in [6.07, 6.45) is 2.39. The highest BCUT2D eigenvalue weighted by Crippen LogP contribution is 2.06. The molecule has 4 heteroatoms. The summed E-state index contributed by atoms with van der Waals surface area (Å²) in [6, 6.07) is 0. The number of hydrogen-bond donors (Lipinski definition) is 0.